The van der Waals surface area contributed by atoms with Gasteiger partial charge in [0.05, 0.1) is 28.3 Å². The van der Waals surface area contributed by atoms with Crippen LogP contribution in [0.25, 0.3) is 20.8 Å². The van der Waals surface area contributed by atoms with Gasteiger partial charge in [-0.3, -0.25) is 4.79 Å². The molecule has 5 rings (SSSR count). The first-order valence-electron chi connectivity index (χ1n) is 10.5. The highest BCUT2D eigenvalue weighted by Gasteiger charge is 2.26. The Bertz CT molecular complexity index is 1380. The molecule has 0 unspecified atom stereocenters. The Morgan fingerprint density at radius 1 is 0.970 bits per heavy atom. The summed E-state index contributed by atoms with van der Waals surface area (Å²) in [7, 11) is -3.67. The van der Waals surface area contributed by atoms with E-state index in [1.165, 1.54) is 16.4 Å². The smallest absolute Gasteiger partial charge is 0.255 e. The van der Waals surface area contributed by atoms with Crippen LogP contribution in [-0.2, 0) is 14.8 Å². The summed E-state index contributed by atoms with van der Waals surface area (Å²) in [6, 6.07) is 21.5. The van der Waals surface area contributed by atoms with Gasteiger partial charge in [0.15, 0.2) is 0 Å². The Kier molecular flexibility index (Phi) is 5.94. The summed E-state index contributed by atoms with van der Waals surface area (Å²) >= 11 is 1.62. The van der Waals surface area contributed by atoms with Gasteiger partial charge < -0.3 is 10.1 Å². The third-order valence-corrected chi connectivity index (χ3v) is 8.37. The number of carbonyl (C=O) groups excluding carboxylic acids is 1. The molecule has 0 atom stereocenters. The van der Waals surface area contributed by atoms with Crippen LogP contribution in [-0.4, -0.2) is 49.9 Å². The normalized spacial score (nSPS) is 14.9. The number of thiazole rings is 1. The molecule has 2 heterocycles. The molecular formula is C24H21N3O4S2. The van der Waals surface area contributed by atoms with Gasteiger partial charge in [0.2, 0.25) is 10.0 Å². The second-order valence-corrected chi connectivity index (χ2v) is 10.5. The van der Waals surface area contributed by atoms with Crippen LogP contribution in [0.4, 0.5) is 5.69 Å². The van der Waals surface area contributed by atoms with Crippen molar-refractivity contribution in [1.82, 2.24) is 9.29 Å². The first-order chi connectivity index (χ1) is 16.0. The van der Waals surface area contributed by atoms with E-state index in [1.54, 1.807) is 23.5 Å². The average molecular weight is 480 g/mol. The minimum atomic E-state index is -3.67. The van der Waals surface area contributed by atoms with E-state index in [0.717, 1.165) is 20.8 Å². The minimum absolute atomic E-state index is 0.100. The molecule has 0 bridgehead atoms. The van der Waals surface area contributed by atoms with Crippen molar-refractivity contribution >= 4 is 43.2 Å². The molecule has 7 nitrogen and oxygen atoms in total. The lowest BCUT2D eigenvalue weighted by atomic mass is 10.2. The van der Waals surface area contributed by atoms with Crippen molar-refractivity contribution in [2.45, 2.75) is 4.90 Å². The lowest BCUT2D eigenvalue weighted by Gasteiger charge is -2.26. The zero-order chi connectivity index (χ0) is 22.8. The number of nitrogens with one attached hydrogen (secondary N) is 1. The highest BCUT2D eigenvalue weighted by Crippen LogP contribution is 2.30. The summed E-state index contributed by atoms with van der Waals surface area (Å²) in [5.41, 5.74) is 2.82. The Hall–Kier alpha value is -3.11. The number of fused-ring (bicyclic) bond motifs is 1. The maximum atomic E-state index is 12.9. The summed E-state index contributed by atoms with van der Waals surface area (Å²) in [4.78, 5) is 17.5. The Morgan fingerprint density at radius 3 is 2.48 bits per heavy atom. The van der Waals surface area contributed by atoms with Crippen LogP contribution in [0.1, 0.15) is 10.4 Å². The second-order valence-electron chi connectivity index (χ2n) is 7.56. The van der Waals surface area contributed by atoms with E-state index in [1.807, 2.05) is 48.5 Å². The quantitative estimate of drug-likeness (QED) is 0.463. The highest BCUT2D eigenvalue weighted by molar-refractivity contribution is 7.89. The molecule has 1 aliphatic rings. The van der Waals surface area contributed by atoms with Crippen LogP contribution in [0.15, 0.2) is 77.7 Å². The molecule has 1 saturated heterocycles. The number of para-hydroxylation sites is 1. The number of nitrogens with zero attached hydrogens (tertiary/aromatic N) is 2. The van der Waals surface area contributed by atoms with Crippen molar-refractivity contribution in [2.24, 2.45) is 0 Å². The fourth-order valence-electron chi connectivity index (χ4n) is 3.63. The molecule has 9 heteroatoms. The molecule has 0 radical (unpaired) electrons. The predicted molar refractivity (Wildman–Crippen MR) is 129 cm³/mol. The molecule has 1 aliphatic heterocycles. The lowest BCUT2D eigenvalue weighted by Crippen LogP contribution is -2.40. The number of hydrogen-bond acceptors (Lipinski definition) is 6. The largest absolute Gasteiger partial charge is 0.379 e. The predicted octanol–water partition coefficient (Wildman–Crippen LogP) is 4.24. The van der Waals surface area contributed by atoms with Crippen molar-refractivity contribution in [1.29, 1.82) is 0 Å². The van der Waals surface area contributed by atoms with Gasteiger partial charge in [0.25, 0.3) is 5.91 Å². The zero-order valence-electron chi connectivity index (χ0n) is 17.6. The molecule has 4 aromatic rings. The Labute approximate surface area is 195 Å². The van der Waals surface area contributed by atoms with Gasteiger partial charge in [-0.2, -0.15) is 4.31 Å². The molecule has 1 N–H and O–H groups in total. The summed E-state index contributed by atoms with van der Waals surface area (Å²) in [5.74, 6) is -0.373. The summed E-state index contributed by atoms with van der Waals surface area (Å²) in [6.07, 6.45) is 0. The monoisotopic (exact) mass is 479 g/mol. The van der Waals surface area contributed by atoms with Crippen molar-refractivity contribution in [3.8, 4) is 10.6 Å². The van der Waals surface area contributed by atoms with Crippen molar-refractivity contribution < 1.29 is 17.9 Å². The molecular weight excluding hydrogens is 458 g/mol. The summed E-state index contributed by atoms with van der Waals surface area (Å²) < 4.78 is 33.5. The third-order valence-electron chi connectivity index (χ3n) is 5.39. The van der Waals surface area contributed by atoms with Crippen LogP contribution >= 0.6 is 11.3 Å². The van der Waals surface area contributed by atoms with Crippen LogP contribution in [0.3, 0.4) is 0 Å². The third kappa shape index (κ3) is 4.53. The maximum Gasteiger partial charge on any atom is 0.255 e. The van der Waals surface area contributed by atoms with Gasteiger partial charge in [-0.15, -0.1) is 11.3 Å². The van der Waals surface area contributed by atoms with Gasteiger partial charge in [-0.05, 0) is 54.6 Å². The van der Waals surface area contributed by atoms with Gasteiger partial charge in [0.1, 0.15) is 5.01 Å². The number of rotatable bonds is 5. The van der Waals surface area contributed by atoms with E-state index >= 15 is 0 Å². The van der Waals surface area contributed by atoms with Crippen LogP contribution in [0, 0.1) is 0 Å². The first kappa shape index (κ1) is 21.7. The number of benzene rings is 3. The van der Waals surface area contributed by atoms with Crippen LogP contribution in [0.5, 0.6) is 0 Å². The molecule has 33 heavy (non-hydrogen) atoms. The highest BCUT2D eigenvalue weighted by atomic mass is 32.2. The molecule has 168 valence electrons. The average Bonchev–Trinajstić information content (AvgIpc) is 3.29. The number of hydrogen-bond donors (Lipinski definition) is 1. The molecule has 1 aromatic heterocycles. The number of morpholine rings is 1. The number of aromatic nitrogens is 1. The fourth-order valence-corrected chi connectivity index (χ4v) is 6.05. The maximum absolute atomic E-state index is 12.9. The molecule has 0 saturated carbocycles. The van der Waals surface area contributed by atoms with Gasteiger partial charge in [-0.1, -0.05) is 18.2 Å². The topological polar surface area (TPSA) is 88.6 Å². The lowest BCUT2D eigenvalue weighted by molar-refractivity contribution is 0.0730. The van der Waals surface area contributed by atoms with E-state index in [4.69, 9.17) is 4.74 Å². The van der Waals surface area contributed by atoms with E-state index in [-0.39, 0.29) is 16.4 Å². The fraction of sp³-hybridized carbons (Fsp3) is 0.167. The van der Waals surface area contributed by atoms with Crippen molar-refractivity contribution in [3.05, 3.63) is 78.4 Å². The van der Waals surface area contributed by atoms with Crippen LogP contribution in [0.2, 0.25) is 0 Å². The molecule has 1 fully saturated rings. The molecule has 3 aromatic carbocycles. The minimum Gasteiger partial charge on any atom is -0.379 e. The summed E-state index contributed by atoms with van der Waals surface area (Å²) in [6.45, 7) is 1.35. The number of anilines is 1. The first-order valence-corrected chi connectivity index (χ1v) is 12.7. The van der Waals surface area contributed by atoms with Crippen LogP contribution < -0.4 is 5.32 Å². The SMILES string of the molecule is O=C(Nc1ccc(-c2nc3ccccc3s2)cc1)c1cccc(S(=O)(=O)N2CCOCC2)c1. The number of amides is 1. The van der Waals surface area contributed by atoms with E-state index in [9.17, 15) is 13.2 Å². The number of sulfonamides is 1. The van der Waals surface area contributed by atoms with Gasteiger partial charge >= 0.3 is 0 Å². The molecule has 0 spiro atoms. The Morgan fingerprint density at radius 2 is 1.73 bits per heavy atom. The number of ether oxygens (including phenoxy) is 1. The van der Waals surface area contributed by atoms with Crippen molar-refractivity contribution in [3.63, 3.8) is 0 Å². The van der Waals surface area contributed by atoms with E-state index < -0.39 is 10.0 Å². The van der Waals surface area contributed by atoms with Gasteiger partial charge in [-0.25, -0.2) is 13.4 Å². The summed E-state index contributed by atoms with van der Waals surface area (Å²) in [5, 5.41) is 3.75. The molecule has 1 amide bonds. The Balaban J connectivity index is 1.32. The standard InChI is InChI=1S/C24H21N3O4S2/c28-23(18-4-3-5-20(16-18)33(29,30)27-12-14-31-15-13-27)25-19-10-8-17(9-11-19)24-26-21-6-1-2-7-22(21)32-24/h1-11,16H,12-15H2,(H,25,28). The van der Waals surface area contributed by atoms with Crippen molar-refractivity contribution in [2.75, 3.05) is 31.6 Å². The second kappa shape index (κ2) is 9.03. The number of carbonyl (C=O) groups is 1. The van der Waals surface area contributed by atoms with Gasteiger partial charge in [0, 0.05) is 29.9 Å². The van der Waals surface area contributed by atoms with E-state index in [0.29, 0.717) is 32.0 Å². The zero-order valence-corrected chi connectivity index (χ0v) is 19.2. The molecule has 0 aliphatic carbocycles. The van der Waals surface area contributed by atoms with E-state index in [2.05, 4.69) is 10.3 Å².